The summed E-state index contributed by atoms with van der Waals surface area (Å²) in [6, 6.07) is 4.51. The highest BCUT2D eigenvalue weighted by Gasteiger charge is 2.30. The molecular weight excluding hydrogens is 347 g/mol. The van der Waals surface area contributed by atoms with E-state index in [0.717, 1.165) is 29.8 Å². The Morgan fingerprint density at radius 2 is 2.32 bits per heavy atom. The second-order valence-electron chi connectivity index (χ2n) is 6.24. The molecule has 1 unspecified atom stereocenters. The number of nitrogens with zero attached hydrogens (tertiary/aromatic N) is 2. The van der Waals surface area contributed by atoms with Gasteiger partial charge in [0.15, 0.2) is 5.69 Å². The molecular formula is C17H18ClFN4O2. The highest BCUT2D eigenvalue weighted by Crippen LogP contribution is 2.27. The van der Waals surface area contributed by atoms with E-state index in [1.54, 1.807) is 17.0 Å². The van der Waals surface area contributed by atoms with Crippen LogP contribution in [0.1, 0.15) is 33.4 Å². The summed E-state index contributed by atoms with van der Waals surface area (Å²) < 4.78 is 19.1. The number of fused-ring (bicyclic) bond motifs is 1. The Bertz CT molecular complexity index is 810. The smallest absolute Gasteiger partial charge is 0.274 e. The van der Waals surface area contributed by atoms with E-state index < -0.39 is 5.82 Å². The van der Waals surface area contributed by atoms with Crippen LogP contribution in [0.2, 0.25) is 5.02 Å². The molecule has 8 heteroatoms. The first kappa shape index (κ1) is 16.5. The van der Waals surface area contributed by atoms with Gasteiger partial charge in [-0.25, -0.2) is 4.39 Å². The third kappa shape index (κ3) is 3.15. The summed E-state index contributed by atoms with van der Waals surface area (Å²) in [5.41, 5.74) is 3.20. The van der Waals surface area contributed by atoms with E-state index in [1.165, 1.54) is 6.07 Å². The van der Waals surface area contributed by atoms with Crippen LogP contribution in [0.25, 0.3) is 0 Å². The number of aromatic nitrogens is 2. The largest absolute Gasteiger partial charge is 0.370 e. The molecule has 0 radical (unpaired) electrons. The predicted molar refractivity (Wildman–Crippen MR) is 90.0 cm³/mol. The van der Waals surface area contributed by atoms with Crippen molar-refractivity contribution >= 4 is 17.5 Å². The van der Waals surface area contributed by atoms with Gasteiger partial charge >= 0.3 is 0 Å². The van der Waals surface area contributed by atoms with Gasteiger partial charge in [-0.3, -0.25) is 9.89 Å². The summed E-state index contributed by atoms with van der Waals surface area (Å²) in [4.78, 5) is 14.6. The second kappa shape index (κ2) is 6.74. The van der Waals surface area contributed by atoms with Crippen molar-refractivity contribution in [3.8, 4) is 0 Å². The summed E-state index contributed by atoms with van der Waals surface area (Å²) in [7, 11) is 0. The minimum Gasteiger partial charge on any atom is -0.370 e. The van der Waals surface area contributed by atoms with E-state index in [-0.39, 0.29) is 17.0 Å². The van der Waals surface area contributed by atoms with E-state index in [4.69, 9.17) is 16.3 Å². The fourth-order valence-electron chi connectivity index (χ4n) is 3.30. The van der Waals surface area contributed by atoms with E-state index in [2.05, 4.69) is 15.5 Å². The fourth-order valence-corrected chi connectivity index (χ4v) is 3.49. The van der Waals surface area contributed by atoms with Crippen LogP contribution in [-0.2, 0) is 17.7 Å². The first-order valence-corrected chi connectivity index (χ1v) is 8.64. The average Bonchev–Trinajstić information content (AvgIpc) is 3.07. The number of carbonyl (C=O) groups excluding carboxylic acids is 1. The molecule has 2 aliphatic heterocycles. The highest BCUT2D eigenvalue weighted by molar-refractivity contribution is 6.30. The fraction of sp³-hybridized carbons (Fsp3) is 0.412. The van der Waals surface area contributed by atoms with Crippen LogP contribution >= 0.6 is 11.6 Å². The van der Waals surface area contributed by atoms with Crippen LogP contribution in [0.15, 0.2) is 18.2 Å². The molecule has 4 rings (SSSR count). The molecule has 0 aliphatic carbocycles. The molecule has 1 atom stereocenters. The van der Waals surface area contributed by atoms with Crippen molar-refractivity contribution in [3.63, 3.8) is 0 Å². The van der Waals surface area contributed by atoms with Gasteiger partial charge in [0.25, 0.3) is 5.91 Å². The molecule has 6 nitrogen and oxygen atoms in total. The van der Waals surface area contributed by atoms with Gasteiger partial charge in [0.05, 0.1) is 18.2 Å². The molecule has 1 aromatic heterocycles. The monoisotopic (exact) mass is 364 g/mol. The number of benzene rings is 1. The quantitative estimate of drug-likeness (QED) is 0.855. The van der Waals surface area contributed by atoms with Gasteiger partial charge in [0.2, 0.25) is 0 Å². The van der Waals surface area contributed by atoms with Crippen molar-refractivity contribution in [2.45, 2.75) is 19.1 Å². The number of amides is 1. The van der Waals surface area contributed by atoms with Crippen molar-refractivity contribution in [3.05, 3.63) is 51.6 Å². The van der Waals surface area contributed by atoms with E-state index in [1.807, 2.05) is 0 Å². The zero-order valence-corrected chi connectivity index (χ0v) is 14.3. The van der Waals surface area contributed by atoms with Crippen molar-refractivity contribution < 1.29 is 13.9 Å². The lowest BCUT2D eigenvalue weighted by molar-refractivity contribution is -0.0230. The Morgan fingerprint density at radius 1 is 1.44 bits per heavy atom. The van der Waals surface area contributed by atoms with E-state index >= 15 is 0 Å². The van der Waals surface area contributed by atoms with Gasteiger partial charge in [0, 0.05) is 37.3 Å². The number of H-pyrrole nitrogens is 1. The minimum absolute atomic E-state index is 0.0528. The molecule has 1 fully saturated rings. The standard InChI is InChI=1S/C17H18ClFN4O2/c18-12-7-10(1-2-13(12)19)15-9-23(5-6-25-15)17(24)16-11-8-20-4-3-14(11)21-22-16/h1-2,7,15,20H,3-6,8-9H2,(H,21,22). The number of ether oxygens (including phenoxy) is 1. The number of halogens is 2. The van der Waals surface area contributed by atoms with Gasteiger partial charge in [-0.05, 0) is 17.7 Å². The number of aromatic amines is 1. The first-order chi connectivity index (χ1) is 12.1. The number of morpholine rings is 1. The van der Waals surface area contributed by atoms with Crippen molar-refractivity contribution in [1.29, 1.82) is 0 Å². The highest BCUT2D eigenvalue weighted by atomic mass is 35.5. The van der Waals surface area contributed by atoms with Crippen molar-refractivity contribution in [2.75, 3.05) is 26.2 Å². The van der Waals surface area contributed by atoms with Crippen LogP contribution in [0.3, 0.4) is 0 Å². The van der Waals surface area contributed by atoms with Crippen LogP contribution in [0.5, 0.6) is 0 Å². The Kier molecular flexibility index (Phi) is 4.45. The zero-order chi connectivity index (χ0) is 17.4. The Morgan fingerprint density at radius 3 is 3.16 bits per heavy atom. The summed E-state index contributed by atoms with van der Waals surface area (Å²) in [6.45, 7) is 2.83. The van der Waals surface area contributed by atoms with E-state index in [0.29, 0.717) is 31.9 Å². The molecule has 0 saturated carbocycles. The van der Waals surface area contributed by atoms with Gasteiger partial charge < -0.3 is 15.0 Å². The number of hydrogen-bond donors (Lipinski definition) is 2. The lowest BCUT2D eigenvalue weighted by atomic mass is 10.0. The molecule has 1 saturated heterocycles. The molecule has 0 bridgehead atoms. The molecule has 132 valence electrons. The molecule has 1 aromatic carbocycles. The molecule has 2 aromatic rings. The van der Waals surface area contributed by atoms with Crippen molar-refractivity contribution in [1.82, 2.24) is 20.4 Å². The predicted octanol–water partition coefficient (Wildman–Crippen LogP) is 2.06. The lowest BCUT2D eigenvalue weighted by Gasteiger charge is -2.33. The van der Waals surface area contributed by atoms with E-state index in [9.17, 15) is 9.18 Å². The molecule has 3 heterocycles. The molecule has 2 aliphatic rings. The maximum atomic E-state index is 13.4. The first-order valence-electron chi connectivity index (χ1n) is 8.26. The maximum Gasteiger partial charge on any atom is 0.274 e. The number of rotatable bonds is 2. The molecule has 0 spiro atoms. The summed E-state index contributed by atoms with van der Waals surface area (Å²) in [5.74, 6) is -0.576. The third-order valence-electron chi connectivity index (χ3n) is 4.68. The zero-order valence-electron chi connectivity index (χ0n) is 13.5. The normalized spacial score (nSPS) is 20.4. The SMILES string of the molecule is O=C(c1n[nH]c2c1CNCC2)N1CCOC(c2ccc(F)c(Cl)c2)C1. The van der Waals surface area contributed by atoms with Crippen LogP contribution in [0, 0.1) is 5.82 Å². The number of hydrogen-bond acceptors (Lipinski definition) is 4. The van der Waals surface area contributed by atoms with Crippen molar-refractivity contribution in [2.24, 2.45) is 0 Å². The number of carbonyl (C=O) groups is 1. The van der Waals surface area contributed by atoms with Gasteiger partial charge in [-0.2, -0.15) is 5.10 Å². The van der Waals surface area contributed by atoms with Gasteiger partial charge in [0.1, 0.15) is 11.9 Å². The minimum atomic E-state index is -0.468. The lowest BCUT2D eigenvalue weighted by Crippen LogP contribution is -2.43. The summed E-state index contributed by atoms with van der Waals surface area (Å²) >= 11 is 5.86. The summed E-state index contributed by atoms with van der Waals surface area (Å²) in [6.07, 6.45) is 0.513. The average molecular weight is 365 g/mol. The topological polar surface area (TPSA) is 70.2 Å². The second-order valence-corrected chi connectivity index (χ2v) is 6.65. The number of nitrogens with one attached hydrogen (secondary N) is 2. The van der Waals surface area contributed by atoms with Crippen LogP contribution in [0.4, 0.5) is 4.39 Å². The molecule has 25 heavy (non-hydrogen) atoms. The maximum absolute atomic E-state index is 13.4. The Balaban J connectivity index is 1.53. The van der Waals surface area contributed by atoms with Crippen LogP contribution in [-0.4, -0.2) is 47.2 Å². The Hall–Kier alpha value is -1.96. The van der Waals surface area contributed by atoms with Gasteiger partial charge in [-0.1, -0.05) is 17.7 Å². The summed E-state index contributed by atoms with van der Waals surface area (Å²) in [5, 5.41) is 10.5. The third-order valence-corrected chi connectivity index (χ3v) is 4.97. The van der Waals surface area contributed by atoms with Crippen LogP contribution < -0.4 is 5.32 Å². The Labute approximate surface area is 149 Å². The molecule has 2 N–H and O–H groups in total. The molecule has 1 amide bonds. The van der Waals surface area contributed by atoms with Gasteiger partial charge in [-0.15, -0.1) is 0 Å².